The quantitative estimate of drug-likeness (QED) is 0.459. The van der Waals surface area contributed by atoms with Crippen molar-refractivity contribution >= 4 is 39.6 Å². The molecule has 3 aromatic heterocycles. The number of carbonyl (C=O) groups is 1. The van der Waals surface area contributed by atoms with E-state index in [4.69, 9.17) is 0 Å². The Morgan fingerprint density at radius 2 is 2.07 bits per heavy atom. The molecule has 0 saturated carbocycles. The van der Waals surface area contributed by atoms with E-state index in [2.05, 4.69) is 63.7 Å². The summed E-state index contributed by atoms with van der Waals surface area (Å²) in [6.45, 7) is 1.18. The van der Waals surface area contributed by atoms with E-state index in [1.54, 1.807) is 27.6 Å². The molecular formula is C21H21N3OS2. The molecule has 0 fully saturated rings. The van der Waals surface area contributed by atoms with Gasteiger partial charge in [0.05, 0.1) is 0 Å². The van der Waals surface area contributed by atoms with E-state index in [-0.39, 0.29) is 11.9 Å². The van der Waals surface area contributed by atoms with Crippen LogP contribution in [0.4, 0.5) is 4.79 Å². The lowest BCUT2D eigenvalue weighted by molar-refractivity contribution is 0.206. The number of urea groups is 1. The number of hydrogen-bond acceptors (Lipinski definition) is 3. The van der Waals surface area contributed by atoms with Crippen molar-refractivity contribution < 1.29 is 4.79 Å². The summed E-state index contributed by atoms with van der Waals surface area (Å²) in [7, 11) is 1.83. The van der Waals surface area contributed by atoms with Crippen LogP contribution < -0.4 is 5.32 Å². The van der Waals surface area contributed by atoms with Gasteiger partial charge >= 0.3 is 6.03 Å². The molecule has 2 amide bonds. The smallest absolute Gasteiger partial charge is 0.317 e. The first-order valence-corrected chi connectivity index (χ1v) is 10.6. The van der Waals surface area contributed by atoms with Crippen LogP contribution in [0.1, 0.15) is 21.9 Å². The van der Waals surface area contributed by atoms with Gasteiger partial charge in [-0.2, -0.15) is 11.3 Å². The Morgan fingerprint density at radius 3 is 2.85 bits per heavy atom. The number of hydrogen-bond donors (Lipinski definition) is 2. The largest absolute Gasteiger partial charge is 0.361 e. The van der Waals surface area contributed by atoms with E-state index < -0.39 is 0 Å². The number of nitrogens with zero attached hydrogens (tertiary/aromatic N) is 1. The van der Waals surface area contributed by atoms with Crippen molar-refractivity contribution in [2.45, 2.75) is 12.5 Å². The van der Waals surface area contributed by atoms with Crippen LogP contribution in [0.25, 0.3) is 10.9 Å². The third-order valence-corrected chi connectivity index (χ3v) is 6.41. The standard InChI is InChI=1S/C21H21N3OS2/c1-24(13-15-8-10-26-14-15)21(25)23-12-18(20-7-4-9-27-20)17-11-22-19-6-3-2-5-16(17)19/h2-11,14,18,22H,12-13H2,1H3,(H,23,25)/t18-/m1/s1. The number of benzene rings is 1. The Kier molecular flexibility index (Phi) is 5.27. The zero-order valence-electron chi connectivity index (χ0n) is 15.0. The summed E-state index contributed by atoms with van der Waals surface area (Å²) in [4.78, 5) is 18.9. The summed E-state index contributed by atoms with van der Waals surface area (Å²) in [6, 6.07) is 14.5. The normalized spacial score (nSPS) is 12.2. The third kappa shape index (κ3) is 3.91. The number of amides is 2. The molecule has 0 aliphatic rings. The Bertz CT molecular complexity index is 1010. The molecule has 0 aliphatic heterocycles. The van der Waals surface area contributed by atoms with Gasteiger partial charge in [-0.05, 0) is 45.5 Å². The minimum Gasteiger partial charge on any atom is -0.361 e. The van der Waals surface area contributed by atoms with Gasteiger partial charge in [0.1, 0.15) is 0 Å². The fraction of sp³-hybridized carbons (Fsp3) is 0.190. The van der Waals surface area contributed by atoms with Crippen LogP contribution in [0, 0.1) is 0 Å². The molecule has 0 saturated heterocycles. The summed E-state index contributed by atoms with van der Waals surface area (Å²) in [5.74, 6) is 0.125. The number of aromatic amines is 1. The van der Waals surface area contributed by atoms with Gasteiger partial charge in [-0.1, -0.05) is 24.3 Å². The molecule has 0 spiro atoms. The number of nitrogens with one attached hydrogen (secondary N) is 2. The van der Waals surface area contributed by atoms with Crippen molar-refractivity contribution in [3.63, 3.8) is 0 Å². The number of carbonyl (C=O) groups excluding carboxylic acids is 1. The molecule has 0 radical (unpaired) electrons. The summed E-state index contributed by atoms with van der Waals surface area (Å²) >= 11 is 3.37. The van der Waals surface area contributed by atoms with Crippen molar-refractivity contribution in [3.05, 3.63) is 80.8 Å². The molecule has 1 atom stereocenters. The molecule has 138 valence electrons. The zero-order valence-corrected chi connectivity index (χ0v) is 16.6. The van der Waals surface area contributed by atoms with Crippen LogP contribution in [0.2, 0.25) is 0 Å². The lowest BCUT2D eigenvalue weighted by Gasteiger charge is -2.21. The Labute approximate surface area is 166 Å². The van der Waals surface area contributed by atoms with E-state index in [0.717, 1.165) is 11.1 Å². The van der Waals surface area contributed by atoms with Gasteiger partial charge in [-0.15, -0.1) is 11.3 Å². The summed E-state index contributed by atoms with van der Waals surface area (Å²) < 4.78 is 0. The minimum absolute atomic E-state index is 0.0532. The van der Waals surface area contributed by atoms with E-state index in [0.29, 0.717) is 13.1 Å². The Hall–Kier alpha value is -2.57. The number of para-hydroxylation sites is 1. The van der Waals surface area contributed by atoms with Crippen LogP contribution >= 0.6 is 22.7 Å². The number of H-pyrrole nitrogens is 1. The van der Waals surface area contributed by atoms with Crippen LogP contribution in [-0.2, 0) is 6.54 Å². The number of rotatable bonds is 6. The van der Waals surface area contributed by atoms with Crippen LogP contribution in [-0.4, -0.2) is 29.5 Å². The van der Waals surface area contributed by atoms with Crippen LogP contribution in [0.3, 0.4) is 0 Å². The Morgan fingerprint density at radius 1 is 1.19 bits per heavy atom. The molecule has 0 aliphatic carbocycles. The van der Waals surface area contributed by atoms with E-state index in [1.165, 1.54) is 15.8 Å². The molecule has 4 rings (SSSR count). The SMILES string of the molecule is CN(Cc1ccsc1)C(=O)NC[C@@H](c1cccs1)c1c[nH]c2ccccc12. The van der Waals surface area contributed by atoms with Gasteiger partial charge in [0.2, 0.25) is 0 Å². The number of fused-ring (bicyclic) bond motifs is 1. The first kappa shape index (κ1) is 17.8. The average molecular weight is 396 g/mol. The highest BCUT2D eigenvalue weighted by Crippen LogP contribution is 2.32. The van der Waals surface area contributed by atoms with Crippen molar-refractivity contribution in [3.8, 4) is 0 Å². The highest BCUT2D eigenvalue weighted by Gasteiger charge is 2.20. The van der Waals surface area contributed by atoms with Gasteiger partial charge in [0.25, 0.3) is 0 Å². The molecule has 6 heteroatoms. The highest BCUT2D eigenvalue weighted by atomic mass is 32.1. The fourth-order valence-corrected chi connectivity index (χ4v) is 4.79. The van der Waals surface area contributed by atoms with Crippen molar-refractivity contribution in [1.82, 2.24) is 15.2 Å². The number of thiophene rings is 2. The molecule has 4 aromatic rings. The molecule has 0 unspecified atom stereocenters. The maximum atomic E-state index is 12.6. The third-order valence-electron chi connectivity index (χ3n) is 4.69. The highest BCUT2D eigenvalue weighted by molar-refractivity contribution is 7.10. The molecule has 3 heterocycles. The van der Waals surface area contributed by atoms with Gasteiger partial charge < -0.3 is 15.2 Å². The van der Waals surface area contributed by atoms with Gasteiger partial charge in [0.15, 0.2) is 0 Å². The lowest BCUT2D eigenvalue weighted by atomic mass is 9.97. The molecular weight excluding hydrogens is 374 g/mol. The second-order valence-corrected chi connectivity index (χ2v) is 8.29. The molecule has 4 nitrogen and oxygen atoms in total. The van der Waals surface area contributed by atoms with Crippen LogP contribution in [0.15, 0.2) is 64.8 Å². The Balaban J connectivity index is 1.51. The maximum absolute atomic E-state index is 12.6. The second kappa shape index (κ2) is 7.98. The van der Waals surface area contributed by atoms with E-state index in [9.17, 15) is 4.79 Å². The van der Waals surface area contributed by atoms with Gasteiger partial charge in [0, 0.05) is 48.0 Å². The van der Waals surface area contributed by atoms with E-state index in [1.807, 2.05) is 18.5 Å². The molecule has 0 bridgehead atoms. The predicted octanol–water partition coefficient (Wildman–Crippen LogP) is 5.26. The van der Waals surface area contributed by atoms with Crippen LogP contribution in [0.5, 0.6) is 0 Å². The summed E-state index contributed by atoms with van der Waals surface area (Å²) in [5.41, 5.74) is 3.49. The first-order chi connectivity index (χ1) is 13.2. The minimum atomic E-state index is -0.0532. The molecule has 27 heavy (non-hydrogen) atoms. The van der Waals surface area contributed by atoms with E-state index >= 15 is 0 Å². The predicted molar refractivity (Wildman–Crippen MR) is 114 cm³/mol. The van der Waals surface area contributed by atoms with Crippen molar-refractivity contribution in [2.75, 3.05) is 13.6 Å². The van der Waals surface area contributed by atoms with Crippen molar-refractivity contribution in [2.24, 2.45) is 0 Å². The summed E-state index contributed by atoms with van der Waals surface area (Å²) in [5, 5.41) is 10.5. The van der Waals surface area contributed by atoms with Gasteiger partial charge in [-0.25, -0.2) is 4.79 Å². The molecule has 2 N–H and O–H groups in total. The summed E-state index contributed by atoms with van der Waals surface area (Å²) in [6.07, 6.45) is 2.07. The molecule has 1 aromatic carbocycles. The monoisotopic (exact) mass is 395 g/mol. The fourth-order valence-electron chi connectivity index (χ4n) is 3.29. The maximum Gasteiger partial charge on any atom is 0.317 e. The second-order valence-electron chi connectivity index (χ2n) is 6.53. The topological polar surface area (TPSA) is 48.1 Å². The lowest BCUT2D eigenvalue weighted by Crippen LogP contribution is -2.38. The van der Waals surface area contributed by atoms with Gasteiger partial charge in [-0.3, -0.25) is 0 Å². The number of aromatic nitrogens is 1. The average Bonchev–Trinajstić information content (AvgIpc) is 3.44. The first-order valence-electron chi connectivity index (χ1n) is 8.82. The zero-order chi connectivity index (χ0) is 18.6. The van der Waals surface area contributed by atoms with Crippen molar-refractivity contribution in [1.29, 1.82) is 0 Å².